The number of nitrogens with one attached hydrogen (secondary N) is 1. The largest absolute Gasteiger partial charge is 0.492 e. The third kappa shape index (κ3) is 3.14. The van der Waals surface area contributed by atoms with Gasteiger partial charge in [-0.05, 0) is 44.7 Å². The van der Waals surface area contributed by atoms with Crippen LogP contribution in [0.4, 0.5) is 4.39 Å². The summed E-state index contributed by atoms with van der Waals surface area (Å²) in [6.07, 6.45) is 3.28. The average molecular weight is 274 g/mol. The number of halogens is 1. The van der Waals surface area contributed by atoms with Gasteiger partial charge in [0.15, 0.2) is 0 Å². The minimum atomic E-state index is -0.257. The molecule has 106 valence electrons. The van der Waals surface area contributed by atoms with Gasteiger partial charge in [-0.25, -0.2) is 4.39 Å². The number of hydrogen-bond acceptors (Lipinski definition) is 3. The zero-order valence-electron chi connectivity index (χ0n) is 12.0. The number of pyridine rings is 1. The minimum absolute atomic E-state index is 0.164. The molecule has 1 N–H and O–H groups in total. The summed E-state index contributed by atoms with van der Waals surface area (Å²) in [6.45, 7) is 4.50. The first kappa shape index (κ1) is 14.5. The SMILES string of the molecule is CCOc1cncc(-c2cc(C(C)NC)ccc2F)c1. The number of ether oxygens (including phenoxy) is 1. The van der Waals surface area contributed by atoms with Crippen LogP contribution in [0.25, 0.3) is 11.1 Å². The van der Waals surface area contributed by atoms with Crippen molar-refractivity contribution in [3.63, 3.8) is 0 Å². The summed E-state index contributed by atoms with van der Waals surface area (Å²) >= 11 is 0. The molecule has 2 aromatic rings. The molecule has 0 saturated carbocycles. The molecule has 0 aliphatic rings. The Balaban J connectivity index is 2.43. The number of rotatable bonds is 5. The molecule has 20 heavy (non-hydrogen) atoms. The lowest BCUT2D eigenvalue weighted by molar-refractivity contribution is 0.339. The van der Waals surface area contributed by atoms with Gasteiger partial charge >= 0.3 is 0 Å². The van der Waals surface area contributed by atoms with Crippen LogP contribution in [0, 0.1) is 5.82 Å². The molecule has 1 unspecified atom stereocenters. The van der Waals surface area contributed by atoms with Crippen LogP contribution in [0.15, 0.2) is 36.7 Å². The zero-order valence-corrected chi connectivity index (χ0v) is 12.0. The van der Waals surface area contributed by atoms with E-state index in [0.29, 0.717) is 17.9 Å². The monoisotopic (exact) mass is 274 g/mol. The molecule has 1 heterocycles. The van der Waals surface area contributed by atoms with E-state index in [1.807, 2.05) is 33.0 Å². The van der Waals surface area contributed by atoms with Crippen LogP contribution in [-0.4, -0.2) is 18.6 Å². The Morgan fingerprint density at radius 1 is 1.30 bits per heavy atom. The summed E-state index contributed by atoms with van der Waals surface area (Å²) in [5.41, 5.74) is 2.29. The molecule has 4 heteroatoms. The van der Waals surface area contributed by atoms with Gasteiger partial charge in [-0.3, -0.25) is 4.98 Å². The van der Waals surface area contributed by atoms with Crippen molar-refractivity contribution in [2.24, 2.45) is 0 Å². The molecule has 0 bridgehead atoms. The van der Waals surface area contributed by atoms with Crippen LogP contribution in [0.3, 0.4) is 0 Å². The summed E-state index contributed by atoms with van der Waals surface area (Å²) in [5, 5.41) is 3.15. The van der Waals surface area contributed by atoms with E-state index in [1.165, 1.54) is 6.07 Å². The van der Waals surface area contributed by atoms with Gasteiger partial charge in [0, 0.05) is 23.4 Å². The van der Waals surface area contributed by atoms with Gasteiger partial charge in [0.1, 0.15) is 11.6 Å². The van der Waals surface area contributed by atoms with E-state index in [-0.39, 0.29) is 11.9 Å². The van der Waals surface area contributed by atoms with E-state index in [2.05, 4.69) is 10.3 Å². The Morgan fingerprint density at radius 2 is 2.10 bits per heavy atom. The predicted octanol–water partition coefficient (Wildman–Crippen LogP) is 3.57. The average Bonchev–Trinajstić information content (AvgIpc) is 2.47. The second-order valence-electron chi connectivity index (χ2n) is 4.59. The molecular weight excluding hydrogens is 255 g/mol. The summed E-state index contributed by atoms with van der Waals surface area (Å²) in [4.78, 5) is 4.11. The Bertz CT molecular complexity index is 586. The fraction of sp³-hybridized carbons (Fsp3) is 0.312. The third-order valence-electron chi connectivity index (χ3n) is 3.26. The number of hydrogen-bond donors (Lipinski definition) is 1. The molecule has 0 amide bonds. The highest BCUT2D eigenvalue weighted by molar-refractivity contribution is 5.65. The lowest BCUT2D eigenvalue weighted by Crippen LogP contribution is -2.12. The van der Waals surface area contributed by atoms with Gasteiger partial charge in [-0.1, -0.05) is 6.07 Å². The molecule has 0 spiro atoms. The summed E-state index contributed by atoms with van der Waals surface area (Å²) in [7, 11) is 1.88. The molecule has 0 aliphatic carbocycles. The van der Waals surface area contributed by atoms with Crippen LogP contribution in [0.5, 0.6) is 5.75 Å². The van der Waals surface area contributed by atoms with Gasteiger partial charge in [-0.15, -0.1) is 0 Å². The van der Waals surface area contributed by atoms with E-state index >= 15 is 0 Å². The fourth-order valence-corrected chi connectivity index (χ4v) is 2.01. The summed E-state index contributed by atoms with van der Waals surface area (Å²) in [6, 6.07) is 7.11. The van der Waals surface area contributed by atoms with Crippen molar-refractivity contribution in [2.75, 3.05) is 13.7 Å². The standard InChI is InChI=1S/C16H19FN2O/c1-4-20-14-7-13(9-19-10-14)15-8-12(11(2)18-3)5-6-16(15)17/h5-11,18H,4H2,1-3H3. The number of nitrogens with zero attached hydrogens (tertiary/aromatic N) is 1. The molecule has 1 aromatic heterocycles. The van der Waals surface area contributed by atoms with Crippen LogP contribution in [0.1, 0.15) is 25.5 Å². The number of aromatic nitrogens is 1. The van der Waals surface area contributed by atoms with Gasteiger partial charge < -0.3 is 10.1 Å². The maximum atomic E-state index is 14.1. The highest BCUT2D eigenvalue weighted by Gasteiger charge is 2.10. The van der Waals surface area contributed by atoms with E-state index < -0.39 is 0 Å². The van der Waals surface area contributed by atoms with Crippen molar-refractivity contribution in [1.82, 2.24) is 10.3 Å². The van der Waals surface area contributed by atoms with Crippen molar-refractivity contribution in [2.45, 2.75) is 19.9 Å². The van der Waals surface area contributed by atoms with Crippen molar-refractivity contribution < 1.29 is 9.13 Å². The summed E-state index contributed by atoms with van der Waals surface area (Å²) < 4.78 is 19.5. The molecule has 3 nitrogen and oxygen atoms in total. The quantitative estimate of drug-likeness (QED) is 0.905. The Labute approximate surface area is 118 Å². The third-order valence-corrected chi connectivity index (χ3v) is 3.26. The molecule has 0 saturated heterocycles. The van der Waals surface area contributed by atoms with Crippen molar-refractivity contribution in [3.05, 3.63) is 48.0 Å². The fourth-order valence-electron chi connectivity index (χ4n) is 2.01. The van der Waals surface area contributed by atoms with Gasteiger partial charge in [0.2, 0.25) is 0 Å². The highest BCUT2D eigenvalue weighted by atomic mass is 19.1. The Morgan fingerprint density at radius 3 is 2.80 bits per heavy atom. The minimum Gasteiger partial charge on any atom is -0.492 e. The number of benzene rings is 1. The van der Waals surface area contributed by atoms with Crippen LogP contribution < -0.4 is 10.1 Å². The van der Waals surface area contributed by atoms with Crippen molar-refractivity contribution in [1.29, 1.82) is 0 Å². The molecule has 2 rings (SSSR count). The Hall–Kier alpha value is -1.94. The van der Waals surface area contributed by atoms with Crippen molar-refractivity contribution >= 4 is 0 Å². The lowest BCUT2D eigenvalue weighted by Gasteiger charge is -2.13. The van der Waals surface area contributed by atoms with Crippen LogP contribution in [-0.2, 0) is 0 Å². The first-order valence-corrected chi connectivity index (χ1v) is 6.70. The molecule has 1 atom stereocenters. The van der Waals surface area contributed by atoms with Gasteiger partial charge in [0.05, 0.1) is 12.8 Å². The normalized spacial score (nSPS) is 12.2. The lowest BCUT2D eigenvalue weighted by atomic mass is 10.0. The van der Waals surface area contributed by atoms with E-state index in [0.717, 1.165) is 11.1 Å². The topological polar surface area (TPSA) is 34.1 Å². The molecule has 0 aliphatic heterocycles. The zero-order chi connectivity index (χ0) is 14.5. The van der Waals surface area contributed by atoms with Gasteiger partial charge in [-0.2, -0.15) is 0 Å². The molecule has 0 fully saturated rings. The smallest absolute Gasteiger partial charge is 0.138 e. The maximum Gasteiger partial charge on any atom is 0.138 e. The first-order valence-electron chi connectivity index (χ1n) is 6.70. The van der Waals surface area contributed by atoms with Crippen molar-refractivity contribution in [3.8, 4) is 16.9 Å². The maximum absolute atomic E-state index is 14.1. The van der Waals surface area contributed by atoms with E-state index in [1.54, 1.807) is 18.5 Å². The van der Waals surface area contributed by atoms with E-state index in [4.69, 9.17) is 4.74 Å². The first-order chi connectivity index (χ1) is 9.65. The predicted molar refractivity (Wildman–Crippen MR) is 78.3 cm³/mol. The van der Waals surface area contributed by atoms with Gasteiger partial charge in [0.25, 0.3) is 0 Å². The summed E-state index contributed by atoms with van der Waals surface area (Å²) in [5.74, 6) is 0.393. The highest BCUT2D eigenvalue weighted by Crippen LogP contribution is 2.28. The second kappa shape index (κ2) is 6.48. The van der Waals surface area contributed by atoms with E-state index in [9.17, 15) is 4.39 Å². The Kier molecular flexibility index (Phi) is 4.69. The second-order valence-corrected chi connectivity index (χ2v) is 4.59. The van der Waals surface area contributed by atoms with Crippen LogP contribution >= 0.6 is 0 Å². The molecule has 0 radical (unpaired) electrons. The van der Waals surface area contributed by atoms with Crippen LogP contribution in [0.2, 0.25) is 0 Å². The molecule has 1 aromatic carbocycles. The molecular formula is C16H19FN2O.